The molecule has 2 aromatic rings. The molecule has 0 atom stereocenters. The molecule has 1 heterocycles. The van der Waals surface area contributed by atoms with Crippen LogP contribution in [0.5, 0.6) is 0 Å². The fourth-order valence-corrected chi connectivity index (χ4v) is 3.05. The Bertz CT molecular complexity index is 824. The minimum Gasteiger partial charge on any atom is -0.349 e. The van der Waals surface area contributed by atoms with Gasteiger partial charge in [0.25, 0.3) is 5.91 Å². The van der Waals surface area contributed by atoms with Crippen LogP contribution in [0.4, 0.5) is 10.8 Å². The summed E-state index contributed by atoms with van der Waals surface area (Å²) in [6.45, 7) is 3.64. The van der Waals surface area contributed by atoms with Crippen LogP contribution in [0.25, 0.3) is 6.08 Å². The van der Waals surface area contributed by atoms with Crippen LogP contribution in [0.1, 0.15) is 18.7 Å². The van der Waals surface area contributed by atoms with E-state index < -0.39 is 5.91 Å². The predicted molar refractivity (Wildman–Crippen MR) is 98.7 cm³/mol. The molecule has 0 bridgehead atoms. The van der Waals surface area contributed by atoms with E-state index in [0.717, 1.165) is 0 Å². The van der Waals surface area contributed by atoms with Crippen molar-refractivity contribution < 1.29 is 4.79 Å². The zero-order valence-corrected chi connectivity index (χ0v) is 15.3. The normalized spacial score (nSPS) is 11.2. The molecule has 2 N–H and O–H groups in total. The first kappa shape index (κ1) is 18.3. The van der Waals surface area contributed by atoms with Crippen molar-refractivity contribution >= 4 is 57.3 Å². The minimum atomic E-state index is -0.447. The summed E-state index contributed by atoms with van der Waals surface area (Å²) in [5.41, 5.74) is 0.664. The van der Waals surface area contributed by atoms with E-state index in [9.17, 15) is 4.79 Å². The highest BCUT2D eigenvalue weighted by Gasteiger charge is 2.14. The number of nitrogens with one attached hydrogen (secondary N) is 2. The summed E-state index contributed by atoms with van der Waals surface area (Å²) < 4.78 is 0. The van der Waals surface area contributed by atoms with Crippen molar-refractivity contribution in [2.24, 2.45) is 0 Å². The highest BCUT2D eigenvalue weighted by Crippen LogP contribution is 2.32. The second kappa shape index (κ2) is 8.15. The lowest BCUT2D eigenvalue weighted by Gasteiger charge is -2.06. The lowest BCUT2D eigenvalue weighted by molar-refractivity contribution is -0.117. The standard InChI is InChI=1S/C16H14Cl2N4OS/c1-9(2)20-15(23)10(8-19)7-13-14(18)22-16(24-13)21-12-6-4-3-5-11(12)17/h3-7,9H,1-2H3,(H,20,23)(H,21,22)/b10-7+. The lowest BCUT2D eigenvalue weighted by Crippen LogP contribution is -2.30. The Kier molecular flexibility index (Phi) is 6.21. The average molecular weight is 381 g/mol. The van der Waals surface area contributed by atoms with Crippen molar-refractivity contribution in [3.05, 3.63) is 44.9 Å². The van der Waals surface area contributed by atoms with Crippen LogP contribution in [-0.4, -0.2) is 16.9 Å². The van der Waals surface area contributed by atoms with Gasteiger partial charge in [0, 0.05) is 6.04 Å². The number of hydrogen-bond acceptors (Lipinski definition) is 5. The highest BCUT2D eigenvalue weighted by atomic mass is 35.5. The monoisotopic (exact) mass is 380 g/mol. The molecule has 2 rings (SSSR count). The number of thiazole rings is 1. The van der Waals surface area contributed by atoms with Crippen molar-refractivity contribution in [1.29, 1.82) is 5.26 Å². The quantitative estimate of drug-likeness (QED) is 0.585. The van der Waals surface area contributed by atoms with Gasteiger partial charge in [-0.05, 0) is 32.1 Å². The molecule has 0 saturated carbocycles. The van der Waals surface area contributed by atoms with E-state index in [2.05, 4.69) is 15.6 Å². The summed E-state index contributed by atoms with van der Waals surface area (Å²) in [7, 11) is 0. The number of aromatic nitrogens is 1. The Labute approximate surface area is 153 Å². The Hall–Kier alpha value is -2.07. The van der Waals surface area contributed by atoms with Gasteiger partial charge in [-0.15, -0.1) is 0 Å². The molecule has 0 fully saturated rings. The van der Waals surface area contributed by atoms with Gasteiger partial charge < -0.3 is 10.6 Å². The summed E-state index contributed by atoms with van der Waals surface area (Å²) >= 11 is 13.4. The third kappa shape index (κ3) is 4.71. The SMILES string of the molecule is CC(C)NC(=O)/C(C#N)=C/c1sc(Nc2ccccc2Cl)nc1Cl. The summed E-state index contributed by atoms with van der Waals surface area (Å²) in [4.78, 5) is 16.6. The first-order chi connectivity index (χ1) is 11.4. The van der Waals surface area contributed by atoms with E-state index in [0.29, 0.717) is 20.7 Å². The van der Waals surface area contributed by atoms with Gasteiger partial charge >= 0.3 is 0 Å². The molecular weight excluding hydrogens is 367 g/mol. The second-order valence-electron chi connectivity index (χ2n) is 5.08. The molecule has 0 aliphatic rings. The van der Waals surface area contributed by atoms with E-state index in [-0.39, 0.29) is 16.8 Å². The number of nitriles is 1. The maximum atomic E-state index is 11.9. The van der Waals surface area contributed by atoms with Crippen LogP contribution in [0.15, 0.2) is 29.8 Å². The molecule has 8 heteroatoms. The molecule has 1 aromatic heterocycles. The van der Waals surface area contributed by atoms with Crippen LogP contribution < -0.4 is 10.6 Å². The van der Waals surface area contributed by atoms with Crippen LogP contribution in [0, 0.1) is 11.3 Å². The van der Waals surface area contributed by atoms with Gasteiger partial charge in [-0.1, -0.05) is 46.7 Å². The number of carbonyl (C=O) groups excluding carboxylic acids is 1. The molecule has 0 aliphatic carbocycles. The number of anilines is 2. The number of hydrogen-bond donors (Lipinski definition) is 2. The number of benzene rings is 1. The van der Waals surface area contributed by atoms with Crippen LogP contribution in [0.3, 0.4) is 0 Å². The number of nitrogens with zero attached hydrogens (tertiary/aromatic N) is 2. The van der Waals surface area contributed by atoms with Crippen LogP contribution in [0.2, 0.25) is 10.2 Å². The van der Waals surface area contributed by atoms with E-state index in [1.165, 1.54) is 17.4 Å². The third-order valence-electron chi connectivity index (χ3n) is 2.79. The Morgan fingerprint density at radius 1 is 1.38 bits per heavy atom. The molecule has 24 heavy (non-hydrogen) atoms. The van der Waals surface area contributed by atoms with Crippen molar-refractivity contribution in [3.8, 4) is 6.07 Å². The van der Waals surface area contributed by atoms with Gasteiger partial charge in [0.05, 0.1) is 15.6 Å². The van der Waals surface area contributed by atoms with Gasteiger partial charge in [-0.25, -0.2) is 4.98 Å². The molecule has 0 radical (unpaired) electrons. The Morgan fingerprint density at radius 3 is 2.71 bits per heavy atom. The van der Waals surface area contributed by atoms with Gasteiger partial charge in [-0.3, -0.25) is 4.79 Å². The maximum Gasteiger partial charge on any atom is 0.262 e. The number of para-hydroxylation sites is 1. The minimum absolute atomic E-state index is 0.0291. The van der Waals surface area contributed by atoms with E-state index in [1.807, 2.05) is 38.1 Å². The second-order valence-corrected chi connectivity index (χ2v) is 6.87. The molecule has 0 aliphatic heterocycles. The number of halogens is 2. The van der Waals surface area contributed by atoms with Crippen molar-refractivity contribution in [1.82, 2.24) is 10.3 Å². The Balaban J connectivity index is 2.25. The van der Waals surface area contributed by atoms with Crippen LogP contribution in [-0.2, 0) is 4.79 Å². The van der Waals surface area contributed by atoms with Crippen molar-refractivity contribution in [2.75, 3.05) is 5.32 Å². The van der Waals surface area contributed by atoms with Gasteiger partial charge in [0.15, 0.2) is 5.13 Å². The van der Waals surface area contributed by atoms with E-state index >= 15 is 0 Å². The summed E-state index contributed by atoms with van der Waals surface area (Å²) in [6.07, 6.45) is 1.43. The maximum absolute atomic E-state index is 11.9. The molecule has 124 valence electrons. The van der Waals surface area contributed by atoms with Crippen molar-refractivity contribution in [2.45, 2.75) is 19.9 Å². The number of rotatable bonds is 5. The molecule has 1 aromatic carbocycles. The molecule has 0 spiro atoms. The van der Waals surface area contributed by atoms with E-state index in [1.54, 1.807) is 6.07 Å². The average Bonchev–Trinajstić information content (AvgIpc) is 2.86. The van der Waals surface area contributed by atoms with Crippen LogP contribution >= 0.6 is 34.5 Å². The lowest BCUT2D eigenvalue weighted by atomic mass is 10.2. The fourth-order valence-electron chi connectivity index (χ4n) is 1.75. The Morgan fingerprint density at radius 2 is 2.08 bits per heavy atom. The van der Waals surface area contributed by atoms with E-state index in [4.69, 9.17) is 28.5 Å². The summed E-state index contributed by atoms with van der Waals surface area (Å²) in [5, 5.41) is 16.2. The highest BCUT2D eigenvalue weighted by molar-refractivity contribution is 7.17. The summed E-state index contributed by atoms with van der Waals surface area (Å²) in [5.74, 6) is -0.447. The first-order valence-corrected chi connectivity index (χ1v) is 8.58. The molecule has 0 unspecified atom stereocenters. The molecular formula is C16H14Cl2N4OS. The zero-order chi connectivity index (χ0) is 17.7. The smallest absolute Gasteiger partial charge is 0.262 e. The van der Waals surface area contributed by atoms with Crippen molar-refractivity contribution in [3.63, 3.8) is 0 Å². The summed E-state index contributed by atoms with van der Waals surface area (Å²) in [6, 6.07) is 9.04. The molecule has 0 saturated heterocycles. The molecule has 1 amide bonds. The largest absolute Gasteiger partial charge is 0.349 e. The predicted octanol–water partition coefficient (Wildman–Crippen LogP) is 4.63. The van der Waals surface area contributed by atoms with Gasteiger partial charge in [-0.2, -0.15) is 5.26 Å². The third-order valence-corrected chi connectivity index (χ3v) is 4.43. The zero-order valence-electron chi connectivity index (χ0n) is 12.9. The van der Waals surface area contributed by atoms with Gasteiger partial charge in [0.2, 0.25) is 0 Å². The molecule has 5 nitrogen and oxygen atoms in total. The first-order valence-electron chi connectivity index (χ1n) is 7.01. The van der Waals surface area contributed by atoms with Gasteiger partial charge in [0.1, 0.15) is 16.8 Å². The topological polar surface area (TPSA) is 77.8 Å². The number of carbonyl (C=O) groups is 1. The number of amides is 1. The fraction of sp³-hybridized carbons (Fsp3) is 0.188.